The van der Waals surface area contributed by atoms with Crippen LogP contribution in [0.3, 0.4) is 0 Å². The molecule has 2 rings (SSSR count). The molecule has 0 spiro atoms. The molecule has 106 valence electrons. The summed E-state index contributed by atoms with van der Waals surface area (Å²) in [6, 6.07) is 12.3. The number of hydrogen-bond acceptors (Lipinski definition) is 2. The van der Waals surface area contributed by atoms with Crippen LogP contribution in [0.2, 0.25) is 5.02 Å². The van der Waals surface area contributed by atoms with Gasteiger partial charge in [0.25, 0.3) is 0 Å². The molecule has 1 N–H and O–H groups in total. The Morgan fingerprint density at radius 2 is 1.85 bits per heavy atom. The summed E-state index contributed by atoms with van der Waals surface area (Å²) in [5, 5.41) is 4.10. The average molecular weight is 467 g/mol. The Kier molecular flexibility index (Phi) is 5.72. The van der Waals surface area contributed by atoms with Crippen LogP contribution in [0, 0.1) is 3.57 Å². The van der Waals surface area contributed by atoms with E-state index in [1.807, 2.05) is 25.2 Å². The Hall–Kier alpha value is -0.300. The van der Waals surface area contributed by atoms with Crippen molar-refractivity contribution in [3.63, 3.8) is 0 Å². The lowest BCUT2D eigenvalue weighted by Crippen LogP contribution is -2.17. The summed E-state index contributed by atoms with van der Waals surface area (Å²) in [5.41, 5.74) is 2.28. The monoisotopic (exact) mass is 465 g/mol. The van der Waals surface area contributed by atoms with Gasteiger partial charge in [-0.3, -0.25) is 0 Å². The van der Waals surface area contributed by atoms with Crippen LogP contribution in [-0.2, 0) is 0 Å². The minimum Gasteiger partial charge on any atom is -0.496 e. The van der Waals surface area contributed by atoms with E-state index in [1.54, 1.807) is 7.11 Å². The summed E-state index contributed by atoms with van der Waals surface area (Å²) in [6.45, 7) is 0. The molecule has 0 fully saturated rings. The second-order valence-corrected chi connectivity index (χ2v) is 6.71. The van der Waals surface area contributed by atoms with Gasteiger partial charge >= 0.3 is 0 Å². The Labute approximate surface area is 146 Å². The number of halogens is 3. The molecule has 0 aliphatic heterocycles. The standard InChI is InChI=1S/C15H14BrClINO/c1-19-15(10-3-5-13(18)12(17)8-10)9-4-6-14(20-2)11(16)7-9/h3-8,15,19H,1-2H3. The number of ether oxygens (including phenoxy) is 1. The topological polar surface area (TPSA) is 21.3 Å². The van der Waals surface area contributed by atoms with Crippen LogP contribution >= 0.6 is 50.1 Å². The van der Waals surface area contributed by atoms with Gasteiger partial charge in [0.1, 0.15) is 5.75 Å². The smallest absolute Gasteiger partial charge is 0.133 e. The van der Waals surface area contributed by atoms with Crippen LogP contribution in [0.25, 0.3) is 0 Å². The van der Waals surface area contributed by atoms with Crippen LogP contribution in [-0.4, -0.2) is 14.2 Å². The third kappa shape index (κ3) is 3.47. The summed E-state index contributed by atoms with van der Waals surface area (Å²) in [5.74, 6) is 0.823. The van der Waals surface area contributed by atoms with Gasteiger partial charge in [-0.25, -0.2) is 0 Å². The molecule has 2 nitrogen and oxygen atoms in total. The van der Waals surface area contributed by atoms with E-state index in [9.17, 15) is 0 Å². The van der Waals surface area contributed by atoms with Gasteiger partial charge in [-0.15, -0.1) is 0 Å². The summed E-state index contributed by atoms with van der Waals surface area (Å²) in [4.78, 5) is 0. The number of nitrogens with one attached hydrogen (secondary N) is 1. The number of hydrogen-bond donors (Lipinski definition) is 1. The molecule has 5 heteroatoms. The van der Waals surface area contributed by atoms with Crippen LogP contribution in [0.15, 0.2) is 40.9 Å². The first-order chi connectivity index (χ1) is 9.56. The Morgan fingerprint density at radius 1 is 1.20 bits per heavy atom. The second kappa shape index (κ2) is 7.11. The highest BCUT2D eigenvalue weighted by atomic mass is 127. The molecule has 0 heterocycles. The van der Waals surface area contributed by atoms with Crippen LogP contribution in [0.5, 0.6) is 5.75 Å². The van der Waals surface area contributed by atoms with E-state index in [-0.39, 0.29) is 6.04 Å². The fraction of sp³-hybridized carbons (Fsp3) is 0.200. The van der Waals surface area contributed by atoms with Crippen LogP contribution in [0.1, 0.15) is 17.2 Å². The molecule has 1 atom stereocenters. The fourth-order valence-corrected chi connectivity index (χ4v) is 3.16. The minimum absolute atomic E-state index is 0.0895. The molecule has 2 aromatic rings. The zero-order chi connectivity index (χ0) is 14.7. The van der Waals surface area contributed by atoms with Gasteiger partial charge in [-0.2, -0.15) is 0 Å². The zero-order valence-corrected chi connectivity index (χ0v) is 15.6. The van der Waals surface area contributed by atoms with E-state index in [4.69, 9.17) is 16.3 Å². The highest BCUT2D eigenvalue weighted by molar-refractivity contribution is 14.1. The molecular weight excluding hydrogens is 452 g/mol. The van der Waals surface area contributed by atoms with Gasteiger partial charge in [0.15, 0.2) is 0 Å². The predicted molar refractivity (Wildman–Crippen MR) is 95.8 cm³/mol. The van der Waals surface area contributed by atoms with E-state index in [0.717, 1.165) is 29.9 Å². The van der Waals surface area contributed by atoms with Gasteiger partial charge in [0.05, 0.1) is 22.6 Å². The zero-order valence-electron chi connectivity index (χ0n) is 11.1. The highest BCUT2D eigenvalue weighted by Crippen LogP contribution is 2.32. The first-order valence-corrected chi connectivity index (χ1v) is 8.27. The molecule has 0 aromatic heterocycles. The molecular formula is C15H14BrClINO. The van der Waals surface area contributed by atoms with E-state index < -0.39 is 0 Å². The number of benzene rings is 2. The summed E-state index contributed by atoms with van der Waals surface area (Å²) in [7, 11) is 3.60. The third-order valence-corrected chi connectivity index (χ3v) is 5.27. The van der Waals surface area contributed by atoms with Gasteiger partial charge in [0, 0.05) is 3.57 Å². The van der Waals surface area contributed by atoms with Gasteiger partial charge < -0.3 is 10.1 Å². The molecule has 0 saturated carbocycles. The molecule has 2 aromatic carbocycles. The van der Waals surface area contributed by atoms with Crippen LogP contribution in [0.4, 0.5) is 0 Å². The lowest BCUT2D eigenvalue weighted by atomic mass is 9.99. The molecule has 0 saturated heterocycles. The maximum atomic E-state index is 6.22. The van der Waals surface area contributed by atoms with E-state index in [2.05, 4.69) is 62.0 Å². The minimum atomic E-state index is 0.0895. The molecule has 0 bridgehead atoms. The average Bonchev–Trinajstić information content (AvgIpc) is 2.44. The lowest BCUT2D eigenvalue weighted by molar-refractivity contribution is 0.412. The van der Waals surface area contributed by atoms with Crippen molar-refractivity contribution in [3.05, 3.63) is 60.6 Å². The molecule has 20 heavy (non-hydrogen) atoms. The quantitative estimate of drug-likeness (QED) is 0.639. The molecule has 0 aliphatic rings. The van der Waals surface area contributed by atoms with Crippen molar-refractivity contribution in [2.24, 2.45) is 0 Å². The Morgan fingerprint density at radius 3 is 2.40 bits per heavy atom. The van der Waals surface area contributed by atoms with Crippen molar-refractivity contribution < 1.29 is 4.74 Å². The van der Waals surface area contributed by atoms with E-state index >= 15 is 0 Å². The Bertz CT molecular complexity index is 621. The van der Waals surface area contributed by atoms with E-state index in [0.29, 0.717) is 0 Å². The van der Waals surface area contributed by atoms with Crippen molar-refractivity contribution in [1.82, 2.24) is 5.32 Å². The molecule has 0 aliphatic carbocycles. The molecule has 0 radical (unpaired) electrons. The van der Waals surface area contributed by atoms with Crippen molar-refractivity contribution in [1.29, 1.82) is 0 Å². The summed E-state index contributed by atoms with van der Waals surface area (Å²) >= 11 is 12.0. The summed E-state index contributed by atoms with van der Waals surface area (Å²) in [6.07, 6.45) is 0. The maximum absolute atomic E-state index is 6.22. The largest absolute Gasteiger partial charge is 0.496 e. The highest BCUT2D eigenvalue weighted by Gasteiger charge is 2.14. The van der Waals surface area contributed by atoms with Crippen molar-refractivity contribution in [3.8, 4) is 5.75 Å². The summed E-state index contributed by atoms with van der Waals surface area (Å²) < 4.78 is 7.26. The SMILES string of the molecule is CNC(c1ccc(I)c(Cl)c1)c1ccc(OC)c(Br)c1. The fourth-order valence-electron chi connectivity index (χ4n) is 2.08. The first kappa shape index (κ1) is 16.1. The predicted octanol–water partition coefficient (Wildman–Crippen LogP) is 5.02. The number of methoxy groups -OCH3 is 1. The van der Waals surface area contributed by atoms with E-state index in [1.165, 1.54) is 0 Å². The van der Waals surface area contributed by atoms with Gasteiger partial charge in [-0.1, -0.05) is 23.7 Å². The second-order valence-electron chi connectivity index (χ2n) is 4.29. The first-order valence-electron chi connectivity index (χ1n) is 6.02. The maximum Gasteiger partial charge on any atom is 0.133 e. The molecule has 0 amide bonds. The van der Waals surface area contributed by atoms with Gasteiger partial charge in [-0.05, 0) is 81.0 Å². The van der Waals surface area contributed by atoms with Crippen molar-refractivity contribution in [2.45, 2.75) is 6.04 Å². The van der Waals surface area contributed by atoms with Crippen LogP contribution < -0.4 is 10.1 Å². The lowest BCUT2D eigenvalue weighted by Gasteiger charge is -2.19. The van der Waals surface area contributed by atoms with Crippen molar-refractivity contribution in [2.75, 3.05) is 14.2 Å². The molecule has 1 unspecified atom stereocenters. The van der Waals surface area contributed by atoms with Gasteiger partial charge in [0.2, 0.25) is 0 Å². The Balaban J connectivity index is 2.41. The third-order valence-electron chi connectivity index (χ3n) is 3.07. The van der Waals surface area contributed by atoms with Crippen molar-refractivity contribution >= 4 is 50.1 Å². The number of rotatable bonds is 4. The normalized spacial score (nSPS) is 12.2.